The molecule has 1 fully saturated rings. The van der Waals surface area contributed by atoms with Crippen LogP contribution in [0.25, 0.3) is 22.1 Å². The summed E-state index contributed by atoms with van der Waals surface area (Å²) in [6.45, 7) is 9.43. The van der Waals surface area contributed by atoms with Crippen molar-refractivity contribution in [1.29, 1.82) is 0 Å². The van der Waals surface area contributed by atoms with Gasteiger partial charge < -0.3 is 14.6 Å². The maximum atomic E-state index is 13.0. The number of amides is 1. The Hall–Kier alpha value is -2.92. The molecule has 5 heteroatoms. The number of benzene rings is 2. The zero-order valence-electron chi connectivity index (χ0n) is 18.5. The van der Waals surface area contributed by atoms with Crippen LogP contribution in [-0.4, -0.2) is 30.4 Å². The van der Waals surface area contributed by atoms with Gasteiger partial charge in [0, 0.05) is 24.7 Å². The van der Waals surface area contributed by atoms with Crippen LogP contribution in [0.4, 0.5) is 5.69 Å². The average Bonchev–Trinajstić information content (AvgIpc) is 3.26. The number of anilines is 1. The van der Waals surface area contributed by atoms with Gasteiger partial charge >= 0.3 is 0 Å². The summed E-state index contributed by atoms with van der Waals surface area (Å²) < 4.78 is 5.78. The smallest absolute Gasteiger partial charge is 0.225 e. The molecule has 4 rings (SSSR count). The largest absolute Gasteiger partial charge is 0.463 e. The third-order valence-corrected chi connectivity index (χ3v) is 5.97. The van der Waals surface area contributed by atoms with E-state index in [2.05, 4.69) is 43.1 Å². The topological polar surface area (TPSA) is 62.6 Å². The van der Waals surface area contributed by atoms with E-state index in [4.69, 9.17) is 4.42 Å². The van der Waals surface area contributed by atoms with Crippen LogP contribution in [0.3, 0.4) is 0 Å². The van der Waals surface area contributed by atoms with Crippen molar-refractivity contribution < 1.29 is 9.21 Å². The maximum absolute atomic E-state index is 13.0. The number of nitrogens with zero attached hydrogens (tertiary/aromatic N) is 1. The van der Waals surface area contributed by atoms with E-state index in [1.54, 1.807) is 18.2 Å². The maximum Gasteiger partial charge on any atom is 0.225 e. The predicted molar refractivity (Wildman–Crippen MR) is 126 cm³/mol. The van der Waals surface area contributed by atoms with Crippen LogP contribution in [-0.2, 0) is 10.2 Å². The summed E-state index contributed by atoms with van der Waals surface area (Å²) in [6, 6.07) is 13.3. The van der Waals surface area contributed by atoms with Crippen molar-refractivity contribution in [2.24, 2.45) is 0 Å². The molecule has 5 nitrogen and oxygen atoms in total. The van der Waals surface area contributed by atoms with Gasteiger partial charge in [0.15, 0.2) is 5.43 Å². The molecule has 2 aromatic carbocycles. The lowest BCUT2D eigenvalue weighted by molar-refractivity contribution is -0.116. The zero-order valence-corrected chi connectivity index (χ0v) is 18.5. The Morgan fingerprint density at radius 1 is 1.06 bits per heavy atom. The highest BCUT2D eigenvalue weighted by atomic mass is 16.3. The number of carbonyl (C=O) groups excluding carboxylic acids is 1. The minimum atomic E-state index is -0.0725. The predicted octanol–water partition coefficient (Wildman–Crippen LogP) is 5.18. The number of carbonyl (C=O) groups is 1. The third kappa shape index (κ3) is 4.88. The van der Waals surface area contributed by atoms with Gasteiger partial charge in [0.25, 0.3) is 0 Å². The molecule has 2 heterocycles. The van der Waals surface area contributed by atoms with Gasteiger partial charge in [-0.05, 0) is 54.6 Å². The molecule has 0 atom stereocenters. The standard InChI is InChI=1S/C26H30N2O3/c1-26(2,3)19-8-6-18(7-9-19)22-17-31-23-16-20(10-11-21(23)25(22)30)27-24(29)12-15-28-13-4-5-14-28/h6-11,16-17H,4-5,12-15H2,1-3H3,(H,27,29). The van der Waals surface area contributed by atoms with Gasteiger partial charge in [0.1, 0.15) is 11.8 Å². The Bertz CT molecular complexity index is 1130. The first-order valence-corrected chi connectivity index (χ1v) is 11.0. The van der Waals surface area contributed by atoms with Crippen LogP contribution in [0.2, 0.25) is 0 Å². The van der Waals surface area contributed by atoms with Crippen molar-refractivity contribution in [2.75, 3.05) is 25.0 Å². The second-order valence-corrected chi connectivity index (χ2v) is 9.36. The highest BCUT2D eigenvalue weighted by Crippen LogP contribution is 2.26. The van der Waals surface area contributed by atoms with Gasteiger partial charge in [-0.1, -0.05) is 45.0 Å². The summed E-state index contributed by atoms with van der Waals surface area (Å²) in [7, 11) is 0. The van der Waals surface area contributed by atoms with E-state index in [-0.39, 0.29) is 16.8 Å². The van der Waals surface area contributed by atoms with Crippen molar-refractivity contribution >= 4 is 22.6 Å². The first kappa shape index (κ1) is 21.3. The Kier molecular flexibility index (Phi) is 5.96. The molecular formula is C26H30N2O3. The highest BCUT2D eigenvalue weighted by Gasteiger charge is 2.16. The van der Waals surface area contributed by atoms with E-state index >= 15 is 0 Å². The van der Waals surface area contributed by atoms with Crippen LogP contribution in [0.5, 0.6) is 0 Å². The molecule has 0 spiro atoms. The Labute approximate surface area is 183 Å². The molecule has 1 aromatic heterocycles. The summed E-state index contributed by atoms with van der Waals surface area (Å²) in [5.41, 5.74) is 3.69. The average molecular weight is 419 g/mol. The number of rotatable bonds is 5. The highest BCUT2D eigenvalue weighted by molar-refractivity contribution is 5.93. The molecule has 31 heavy (non-hydrogen) atoms. The second kappa shape index (κ2) is 8.67. The van der Waals surface area contributed by atoms with Gasteiger partial charge in [-0.25, -0.2) is 0 Å². The van der Waals surface area contributed by atoms with Gasteiger partial charge in [0.2, 0.25) is 5.91 Å². The van der Waals surface area contributed by atoms with Crippen molar-refractivity contribution in [2.45, 2.75) is 45.4 Å². The number of nitrogens with one attached hydrogen (secondary N) is 1. The van der Waals surface area contributed by atoms with Crippen molar-refractivity contribution in [3.8, 4) is 11.1 Å². The van der Waals surface area contributed by atoms with Crippen LogP contribution in [0.1, 0.15) is 45.6 Å². The van der Waals surface area contributed by atoms with E-state index in [0.29, 0.717) is 28.6 Å². The first-order chi connectivity index (χ1) is 14.8. The summed E-state index contributed by atoms with van der Waals surface area (Å²) in [6.07, 6.45) is 4.41. The quantitative estimate of drug-likeness (QED) is 0.620. The normalized spacial score (nSPS) is 14.8. The number of hydrogen-bond acceptors (Lipinski definition) is 4. The fourth-order valence-corrected chi connectivity index (χ4v) is 4.04. The van der Waals surface area contributed by atoms with E-state index < -0.39 is 0 Å². The fraction of sp³-hybridized carbons (Fsp3) is 0.385. The SMILES string of the molecule is CC(C)(C)c1ccc(-c2coc3cc(NC(=O)CCN4CCCC4)ccc3c2=O)cc1. The van der Waals surface area contributed by atoms with E-state index in [1.807, 2.05) is 12.1 Å². The number of fused-ring (bicyclic) bond motifs is 1. The van der Waals surface area contributed by atoms with E-state index in [1.165, 1.54) is 24.7 Å². The molecule has 0 saturated carbocycles. The third-order valence-electron chi connectivity index (χ3n) is 5.97. The molecule has 1 saturated heterocycles. The number of hydrogen-bond donors (Lipinski definition) is 1. The summed E-state index contributed by atoms with van der Waals surface area (Å²) >= 11 is 0. The molecule has 0 radical (unpaired) electrons. The van der Waals surface area contributed by atoms with Gasteiger partial charge in [-0.3, -0.25) is 9.59 Å². The molecule has 1 N–H and O–H groups in total. The first-order valence-electron chi connectivity index (χ1n) is 11.0. The Morgan fingerprint density at radius 3 is 2.45 bits per heavy atom. The molecule has 1 aliphatic rings. The lowest BCUT2D eigenvalue weighted by atomic mass is 9.86. The van der Waals surface area contributed by atoms with Crippen LogP contribution in [0, 0.1) is 0 Å². The van der Waals surface area contributed by atoms with Crippen molar-refractivity contribution in [1.82, 2.24) is 4.90 Å². The fourth-order valence-electron chi connectivity index (χ4n) is 4.04. The summed E-state index contributed by atoms with van der Waals surface area (Å²) in [4.78, 5) is 27.6. The molecular weight excluding hydrogens is 388 g/mol. The van der Waals surface area contributed by atoms with Gasteiger partial charge in [-0.2, -0.15) is 0 Å². The lowest BCUT2D eigenvalue weighted by Gasteiger charge is -2.19. The monoisotopic (exact) mass is 418 g/mol. The van der Waals surface area contributed by atoms with E-state index in [9.17, 15) is 9.59 Å². The molecule has 1 amide bonds. The molecule has 162 valence electrons. The molecule has 0 unspecified atom stereocenters. The van der Waals surface area contributed by atoms with Gasteiger partial charge in [-0.15, -0.1) is 0 Å². The lowest BCUT2D eigenvalue weighted by Crippen LogP contribution is -2.25. The minimum Gasteiger partial charge on any atom is -0.463 e. The Balaban J connectivity index is 1.51. The summed E-state index contributed by atoms with van der Waals surface area (Å²) in [5.74, 6) is -0.0239. The van der Waals surface area contributed by atoms with Crippen LogP contribution < -0.4 is 10.7 Å². The Morgan fingerprint density at radius 2 is 1.77 bits per heavy atom. The molecule has 3 aromatic rings. The van der Waals surface area contributed by atoms with E-state index in [0.717, 1.165) is 25.2 Å². The second-order valence-electron chi connectivity index (χ2n) is 9.36. The van der Waals surface area contributed by atoms with Crippen molar-refractivity contribution in [3.05, 3.63) is 64.5 Å². The van der Waals surface area contributed by atoms with Crippen LogP contribution in [0.15, 0.2) is 57.9 Å². The molecule has 0 aliphatic carbocycles. The summed E-state index contributed by atoms with van der Waals surface area (Å²) in [5, 5.41) is 3.42. The number of likely N-dealkylation sites (tertiary alicyclic amines) is 1. The zero-order chi connectivity index (χ0) is 22.0. The molecule has 1 aliphatic heterocycles. The van der Waals surface area contributed by atoms with Crippen molar-refractivity contribution in [3.63, 3.8) is 0 Å². The minimum absolute atomic E-state index is 0.0239. The molecule has 0 bridgehead atoms. The van der Waals surface area contributed by atoms with Gasteiger partial charge in [0.05, 0.1) is 10.9 Å². The van der Waals surface area contributed by atoms with Crippen LogP contribution >= 0.6 is 0 Å².